The van der Waals surface area contributed by atoms with Gasteiger partial charge in [0.05, 0.1) is 18.9 Å². The second-order valence-electron chi connectivity index (χ2n) is 6.80. The largest absolute Gasteiger partial charge is 0.508 e. The van der Waals surface area contributed by atoms with Gasteiger partial charge in [0.15, 0.2) is 11.5 Å². The smallest absolute Gasteiger partial charge is 0.230 e. The molecule has 0 saturated carbocycles. The maximum Gasteiger partial charge on any atom is 0.230 e. The first-order valence-corrected chi connectivity index (χ1v) is 9.14. The molecule has 0 spiro atoms. The van der Waals surface area contributed by atoms with E-state index in [-0.39, 0.29) is 11.8 Å². The quantitative estimate of drug-likeness (QED) is 0.751. The average Bonchev–Trinajstić information content (AvgIpc) is 3.19. The lowest BCUT2D eigenvalue weighted by Crippen LogP contribution is -2.34. The van der Waals surface area contributed by atoms with Gasteiger partial charge in [0, 0.05) is 23.7 Å². The topological polar surface area (TPSA) is 67.2 Å². The van der Waals surface area contributed by atoms with Crippen molar-refractivity contribution >= 4 is 5.71 Å². The predicted octanol–water partition coefficient (Wildman–Crippen LogP) is 4.04. The van der Waals surface area contributed by atoms with Crippen LogP contribution in [0.15, 0.2) is 72.0 Å². The number of benzene rings is 2. The summed E-state index contributed by atoms with van der Waals surface area (Å²) in [6.45, 7) is 0. The van der Waals surface area contributed by atoms with Crippen molar-refractivity contribution < 1.29 is 14.6 Å². The third-order valence-corrected chi connectivity index (χ3v) is 5.12. The maximum atomic E-state index is 9.87. The molecule has 2 aliphatic rings. The SMILES string of the molecule is COc1cccc2c1O[C@H](c1ccccn1)N1N=C(c3cccc(O)c3)C[C@H]21. The van der Waals surface area contributed by atoms with Crippen LogP contribution in [-0.4, -0.2) is 27.9 Å². The minimum Gasteiger partial charge on any atom is -0.508 e. The van der Waals surface area contributed by atoms with Gasteiger partial charge in [-0.1, -0.05) is 30.3 Å². The summed E-state index contributed by atoms with van der Waals surface area (Å²) in [6.07, 6.45) is 2.00. The first kappa shape index (κ1) is 16.6. The Morgan fingerprint density at radius 3 is 2.79 bits per heavy atom. The number of rotatable bonds is 3. The van der Waals surface area contributed by atoms with Crippen LogP contribution in [-0.2, 0) is 0 Å². The van der Waals surface area contributed by atoms with E-state index in [2.05, 4.69) is 4.98 Å². The van der Waals surface area contributed by atoms with Gasteiger partial charge in [0.2, 0.25) is 6.23 Å². The number of fused-ring (bicyclic) bond motifs is 3. The first-order valence-electron chi connectivity index (χ1n) is 9.14. The number of aromatic hydroxyl groups is 1. The fourth-order valence-corrected chi connectivity index (χ4v) is 3.82. The molecule has 2 atom stereocenters. The summed E-state index contributed by atoms with van der Waals surface area (Å²) >= 11 is 0. The fourth-order valence-electron chi connectivity index (χ4n) is 3.82. The van der Waals surface area contributed by atoms with Crippen molar-refractivity contribution in [3.8, 4) is 17.2 Å². The van der Waals surface area contributed by atoms with Crippen molar-refractivity contribution in [2.45, 2.75) is 18.7 Å². The van der Waals surface area contributed by atoms with Crippen LogP contribution in [0.2, 0.25) is 0 Å². The maximum absolute atomic E-state index is 9.87. The summed E-state index contributed by atoms with van der Waals surface area (Å²) in [4.78, 5) is 4.49. The summed E-state index contributed by atoms with van der Waals surface area (Å²) in [6, 6.07) is 18.8. The third kappa shape index (κ3) is 2.65. The lowest BCUT2D eigenvalue weighted by molar-refractivity contribution is -0.0236. The van der Waals surface area contributed by atoms with Crippen molar-refractivity contribution in [3.63, 3.8) is 0 Å². The molecule has 0 saturated heterocycles. The number of para-hydroxylation sites is 1. The van der Waals surface area contributed by atoms with Crippen molar-refractivity contribution in [2.24, 2.45) is 5.10 Å². The van der Waals surface area contributed by atoms with Crippen LogP contribution in [0, 0.1) is 0 Å². The van der Waals surface area contributed by atoms with Crippen molar-refractivity contribution in [2.75, 3.05) is 7.11 Å². The molecule has 5 rings (SSSR count). The molecule has 6 heteroatoms. The molecule has 0 unspecified atom stereocenters. The van der Waals surface area contributed by atoms with Crippen LogP contribution < -0.4 is 9.47 Å². The van der Waals surface area contributed by atoms with Crippen LogP contribution in [0.3, 0.4) is 0 Å². The van der Waals surface area contributed by atoms with Gasteiger partial charge < -0.3 is 14.6 Å². The van der Waals surface area contributed by atoms with E-state index in [0.29, 0.717) is 12.2 Å². The van der Waals surface area contributed by atoms with Gasteiger partial charge in [-0.3, -0.25) is 4.98 Å². The minimum absolute atomic E-state index is 0.00297. The molecule has 0 amide bonds. The van der Waals surface area contributed by atoms with Crippen molar-refractivity contribution in [1.29, 1.82) is 0 Å². The van der Waals surface area contributed by atoms with Gasteiger partial charge in [-0.05, 0) is 30.3 Å². The lowest BCUT2D eigenvalue weighted by atomic mass is 9.96. The number of methoxy groups -OCH3 is 1. The number of nitrogens with zero attached hydrogens (tertiary/aromatic N) is 3. The highest BCUT2D eigenvalue weighted by Gasteiger charge is 2.42. The Labute approximate surface area is 162 Å². The molecule has 3 heterocycles. The Hall–Kier alpha value is -3.54. The number of hydrogen-bond acceptors (Lipinski definition) is 6. The van der Waals surface area contributed by atoms with Gasteiger partial charge >= 0.3 is 0 Å². The van der Waals surface area contributed by atoms with E-state index in [1.165, 1.54) is 0 Å². The molecule has 3 aromatic rings. The fraction of sp³-hybridized carbons (Fsp3) is 0.182. The molecular weight excluding hydrogens is 354 g/mol. The zero-order valence-electron chi connectivity index (χ0n) is 15.3. The number of hydrogen-bond donors (Lipinski definition) is 1. The molecule has 140 valence electrons. The third-order valence-electron chi connectivity index (χ3n) is 5.12. The molecule has 0 aliphatic carbocycles. The normalized spacial score (nSPS) is 20.0. The number of phenolic OH excluding ortho intramolecular Hbond substituents is 1. The molecule has 6 nitrogen and oxygen atoms in total. The number of ether oxygens (including phenoxy) is 2. The van der Waals surface area contributed by atoms with E-state index >= 15 is 0 Å². The number of phenols is 1. The van der Waals surface area contributed by atoms with Crippen LogP contribution in [0.4, 0.5) is 0 Å². The van der Waals surface area contributed by atoms with E-state index in [9.17, 15) is 5.11 Å². The van der Waals surface area contributed by atoms with Crippen LogP contribution >= 0.6 is 0 Å². The summed E-state index contributed by atoms with van der Waals surface area (Å²) in [7, 11) is 1.64. The minimum atomic E-state index is -0.454. The molecule has 28 heavy (non-hydrogen) atoms. The van der Waals surface area contributed by atoms with Gasteiger partial charge in [-0.25, -0.2) is 5.01 Å². The van der Waals surface area contributed by atoms with Crippen LogP contribution in [0.5, 0.6) is 17.2 Å². The van der Waals surface area contributed by atoms with E-state index in [0.717, 1.165) is 28.3 Å². The molecule has 0 radical (unpaired) electrons. The summed E-state index contributed by atoms with van der Waals surface area (Å²) < 4.78 is 11.9. The lowest BCUT2D eigenvalue weighted by Gasteiger charge is -2.38. The molecular formula is C22H19N3O3. The number of aromatic nitrogens is 1. The average molecular weight is 373 g/mol. The molecule has 2 aliphatic heterocycles. The Morgan fingerprint density at radius 1 is 1.11 bits per heavy atom. The molecule has 1 aromatic heterocycles. The summed E-state index contributed by atoms with van der Waals surface area (Å²) in [5.41, 5.74) is 3.62. The Balaban J connectivity index is 1.63. The molecule has 0 fully saturated rings. The van der Waals surface area contributed by atoms with E-state index < -0.39 is 6.23 Å². The van der Waals surface area contributed by atoms with Crippen molar-refractivity contribution in [3.05, 3.63) is 83.7 Å². The summed E-state index contributed by atoms with van der Waals surface area (Å²) in [5.74, 6) is 1.66. The Kier molecular flexibility index (Phi) is 3.90. The molecule has 1 N–H and O–H groups in total. The highest BCUT2D eigenvalue weighted by atomic mass is 16.5. The summed E-state index contributed by atoms with van der Waals surface area (Å²) in [5, 5.41) is 16.7. The molecule has 2 aromatic carbocycles. The highest BCUT2D eigenvalue weighted by molar-refractivity contribution is 6.02. The van der Waals surface area contributed by atoms with E-state index in [1.807, 2.05) is 53.5 Å². The van der Waals surface area contributed by atoms with E-state index in [1.54, 1.807) is 25.4 Å². The van der Waals surface area contributed by atoms with Gasteiger partial charge in [-0.2, -0.15) is 5.10 Å². The predicted molar refractivity (Wildman–Crippen MR) is 104 cm³/mol. The second kappa shape index (κ2) is 6.56. The zero-order chi connectivity index (χ0) is 19.1. The standard InChI is InChI=1S/C22H19N3O3/c1-27-20-10-5-8-16-19-13-18(14-6-4-7-15(26)12-14)24-25(19)22(28-21(16)20)17-9-2-3-11-23-17/h2-12,19,22,26H,13H2,1H3/t19-,22-/m1/s1. The van der Waals surface area contributed by atoms with Gasteiger partial charge in [0.25, 0.3) is 0 Å². The zero-order valence-corrected chi connectivity index (χ0v) is 15.3. The van der Waals surface area contributed by atoms with Gasteiger partial charge in [0.1, 0.15) is 11.4 Å². The van der Waals surface area contributed by atoms with Crippen molar-refractivity contribution in [1.82, 2.24) is 9.99 Å². The van der Waals surface area contributed by atoms with Crippen LogP contribution in [0.1, 0.15) is 35.5 Å². The second-order valence-corrected chi connectivity index (χ2v) is 6.80. The number of hydrazone groups is 1. The Bertz CT molecular complexity index is 1050. The number of pyridine rings is 1. The van der Waals surface area contributed by atoms with E-state index in [4.69, 9.17) is 14.6 Å². The Morgan fingerprint density at radius 2 is 2.00 bits per heavy atom. The van der Waals surface area contributed by atoms with Gasteiger partial charge in [-0.15, -0.1) is 0 Å². The first-order chi connectivity index (χ1) is 13.7. The monoisotopic (exact) mass is 373 g/mol. The molecule has 0 bridgehead atoms. The van der Waals surface area contributed by atoms with Crippen LogP contribution in [0.25, 0.3) is 0 Å². The highest BCUT2D eigenvalue weighted by Crippen LogP contribution is 2.50.